The number of anilines is 1. The number of aromatic nitrogens is 2. The number of carbonyl (C=O) groups is 1. The van der Waals surface area contributed by atoms with E-state index >= 15 is 0 Å². The van der Waals surface area contributed by atoms with E-state index in [1.807, 2.05) is 0 Å². The van der Waals surface area contributed by atoms with Crippen LogP contribution in [0.2, 0.25) is 0 Å². The number of nitrogens with two attached hydrogens (primary N) is 1. The maximum absolute atomic E-state index is 11.7. The van der Waals surface area contributed by atoms with E-state index in [1.165, 1.54) is 11.3 Å². The maximum Gasteiger partial charge on any atom is 0.270 e. The molecule has 0 atom stereocenters. The molecule has 0 fully saturated rings. The van der Waals surface area contributed by atoms with Crippen molar-refractivity contribution >= 4 is 33.7 Å². The van der Waals surface area contributed by atoms with Gasteiger partial charge in [0.2, 0.25) is 0 Å². The molecule has 0 saturated heterocycles. The van der Waals surface area contributed by atoms with Crippen molar-refractivity contribution in [2.75, 3.05) is 12.3 Å². The normalized spacial score (nSPS) is 10.5. The summed E-state index contributed by atoms with van der Waals surface area (Å²) in [4.78, 5) is 20.0. The van der Waals surface area contributed by atoms with Crippen LogP contribution in [0, 0.1) is 0 Å². The summed E-state index contributed by atoms with van der Waals surface area (Å²) in [5.74, 6) is -0.185. The minimum atomic E-state index is -0.185. The molecule has 2 heterocycles. The highest BCUT2D eigenvalue weighted by Gasteiger charge is 2.09. The van der Waals surface area contributed by atoms with Gasteiger partial charge >= 0.3 is 0 Å². The van der Waals surface area contributed by atoms with E-state index in [0.29, 0.717) is 17.4 Å². The predicted octanol–water partition coefficient (Wildman–Crippen LogP) is 1.72. The average molecular weight is 282 g/mol. The fourth-order valence-corrected chi connectivity index (χ4v) is 2.82. The number of carbonyl (C=O) groups excluding carboxylic acids is 1. The van der Waals surface area contributed by atoms with Crippen molar-refractivity contribution < 1.29 is 4.79 Å². The number of rotatable bonds is 5. The Kier molecular flexibility index (Phi) is 4.27. The van der Waals surface area contributed by atoms with Crippen molar-refractivity contribution in [2.24, 2.45) is 0 Å². The zero-order valence-electron chi connectivity index (χ0n) is 9.97. The zero-order chi connectivity index (χ0) is 13.0. The Hall–Kier alpha value is -1.47. The first-order valence-corrected chi connectivity index (χ1v) is 7.37. The van der Waals surface area contributed by atoms with Gasteiger partial charge in [0.25, 0.3) is 5.91 Å². The molecule has 18 heavy (non-hydrogen) atoms. The summed E-state index contributed by atoms with van der Waals surface area (Å²) in [6, 6.07) is 0. The van der Waals surface area contributed by atoms with Crippen molar-refractivity contribution in [3.05, 3.63) is 27.2 Å². The minimum Gasteiger partial charge on any atom is -0.375 e. The van der Waals surface area contributed by atoms with E-state index in [9.17, 15) is 4.79 Å². The molecule has 0 bridgehead atoms. The lowest BCUT2D eigenvalue weighted by molar-refractivity contribution is 0.0950. The van der Waals surface area contributed by atoms with Gasteiger partial charge in [-0.15, -0.1) is 22.7 Å². The first-order chi connectivity index (χ1) is 8.69. The smallest absolute Gasteiger partial charge is 0.270 e. The van der Waals surface area contributed by atoms with Crippen LogP contribution in [0.15, 0.2) is 10.8 Å². The molecule has 0 aliphatic rings. The third kappa shape index (κ3) is 3.27. The van der Waals surface area contributed by atoms with Gasteiger partial charge in [-0.25, -0.2) is 9.97 Å². The van der Waals surface area contributed by atoms with Crippen LogP contribution in [-0.2, 0) is 12.8 Å². The summed E-state index contributed by atoms with van der Waals surface area (Å²) in [5, 5.41) is 7.97. The molecular weight excluding hydrogens is 268 g/mol. The van der Waals surface area contributed by atoms with Gasteiger partial charge < -0.3 is 11.1 Å². The van der Waals surface area contributed by atoms with Gasteiger partial charge in [-0.3, -0.25) is 4.79 Å². The molecule has 0 unspecified atom stereocenters. The van der Waals surface area contributed by atoms with Crippen LogP contribution in [0.5, 0.6) is 0 Å². The second-order valence-electron chi connectivity index (χ2n) is 3.66. The average Bonchev–Trinajstić information content (AvgIpc) is 2.98. The Bertz CT molecular complexity index is 535. The molecule has 0 radical (unpaired) electrons. The van der Waals surface area contributed by atoms with Crippen molar-refractivity contribution in [1.29, 1.82) is 0 Å². The molecule has 0 aliphatic carbocycles. The standard InChI is InChI=1S/C11H14N4OS2/c1-2-7-5-17-9(14-7)3-4-13-10(16)8-6-18-11(12)15-8/h5-6H,2-4H2,1H3,(H2,12,15)(H,13,16). The molecule has 2 rings (SSSR count). The number of nitrogen functional groups attached to an aromatic ring is 1. The lowest BCUT2D eigenvalue weighted by atomic mass is 10.3. The van der Waals surface area contributed by atoms with E-state index in [1.54, 1.807) is 16.7 Å². The van der Waals surface area contributed by atoms with Crippen LogP contribution in [0.25, 0.3) is 0 Å². The van der Waals surface area contributed by atoms with Crippen LogP contribution < -0.4 is 11.1 Å². The molecule has 0 aromatic carbocycles. The van der Waals surface area contributed by atoms with E-state index < -0.39 is 0 Å². The van der Waals surface area contributed by atoms with Crippen molar-refractivity contribution in [3.63, 3.8) is 0 Å². The van der Waals surface area contributed by atoms with E-state index in [-0.39, 0.29) is 5.91 Å². The molecule has 0 spiro atoms. The highest BCUT2D eigenvalue weighted by molar-refractivity contribution is 7.13. The highest BCUT2D eigenvalue weighted by Crippen LogP contribution is 2.12. The Labute approximate surface area is 113 Å². The second-order valence-corrected chi connectivity index (χ2v) is 5.50. The fraction of sp³-hybridized carbons (Fsp3) is 0.364. The number of nitrogens with zero attached hydrogens (tertiary/aromatic N) is 2. The van der Waals surface area contributed by atoms with Crippen molar-refractivity contribution in [2.45, 2.75) is 19.8 Å². The third-order valence-corrected chi connectivity index (χ3v) is 3.97. The lowest BCUT2D eigenvalue weighted by Crippen LogP contribution is -2.25. The van der Waals surface area contributed by atoms with Crippen LogP contribution in [-0.4, -0.2) is 22.4 Å². The van der Waals surface area contributed by atoms with Gasteiger partial charge in [-0.1, -0.05) is 6.92 Å². The molecule has 5 nitrogen and oxygen atoms in total. The molecule has 0 saturated carbocycles. The van der Waals surface area contributed by atoms with E-state index in [2.05, 4.69) is 27.6 Å². The quantitative estimate of drug-likeness (QED) is 0.875. The number of hydrogen-bond donors (Lipinski definition) is 2. The summed E-state index contributed by atoms with van der Waals surface area (Å²) >= 11 is 2.89. The maximum atomic E-state index is 11.7. The third-order valence-electron chi connectivity index (χ3n) is 2.34. The van der Waals surface area contributed by atoms with E-state index in [0.717, 1.165) is 23.5 Å². The second kappa shape index (κ2) is 5.92. The molecule has 3 N–H and O–H groups in total. The van der Waals surface area contributed by atoms with Gasteiger partial charge in [0.15, 0.2) is 5.13 Å². The molecule has 96 valence electrons. The first kappa shape index (κ1) is 13.0. The Morgan fingerprint density at radius 2 is 2.22 bits per heavy atom. The largest absolute Gasteiger partial charge is 0.375 e. The number of amides is 1. The highest BCUT2D eigenvalue weighted by atomic mass is 32.1. The molecule has 1 amide bonds. The Morgan fingerprint density at radius 3 is 2.83 bits per heavy atom. The minimum absolute atomic E-state index is 0.185. The predicted molar refractivity (Wildman–Crippen MR) is 74.1 cm³/mol. The number of aryl methyl sites for hydroxylation is 1. The summed E-state index contributed by atoms with van der Waals surface area (Å²) in [7, 11) is 0. The molecular formula is C11H14N4OS2. The number of thiazole rings is 2. The summed E-state index contributed by atoms with van der Waals surface area (Å²) in [5.41, 5.74) is 6.96. The zero-order valence-corrected chi connectivity index (χ0v) is 11.6. The molecule has 0 aliphatic heterocycles. The van der Waals surface area contributed by atoms with Gasteiger partial charge in [0.05, 0.1) is 10.7 Å². The first-order valence-electron chi connectivity index (χ1n) is 5.61. The molecule has 2 aromatic heterocycles. The molecule has 7 heteroatoms. The van der Waals surface area contributed by atoms with Crippen LogP contribution in [0.1, 0.15) is 28.1 Å². The van der Waals surface area contributed by atoms with Crippen LogP contribution in [0.3, 0.4) is 0 Å². The van der Waals surface area contributed by atoms with E-state index in [4.69, 9.17) is 5.73 Å². The monoisotopic (exact) mass is 282 g/mol. The summed E-state index contributed by atoms with van der Waals surface area (Å²) < 4.78 is 0. The number of hydrogen-bond acceptors (Lipinski definition) is 6. The Balaban J connectivity index is 1.80. The van der Waals surface area contributed by atoms with Crippen molar-refractivity contribution in [1.82, 2.24) is 15.3 Å². The summed E-state index contributed by atoms with van der Waals surface area (Å²) in [6.45, 7) is 2.64. The van der Waals surface area contributed by atoms with Crippen LogP contribution >= 0.6 is 22.7 Å². The topological polar surface area (TPSA) is 80.9 Å². The Morgan fingerprint density at radius 1 is 1.39 bits per heavy atom. The van der Waals surface area contributed by atoms with Gasteiger partial charge in [0.1, 0.15) is 5.69 Å². The van der Waals surface area contributed by atoms with Gasteiger partial charge in [-0.2, -0.15) is 0 Å². The SMILES string of the molecule is CCc1csc(CCNC(=O)c2csc(N)n2)n1. The lowest BCUT2D eigenvalue weighted by Gasteiger charge is -2.00. The number of nitrogens with one attached hydrogen (secondary N) is 1. The molecule has 2 aromatic rings. The van der Waals surface area contributed by atoms with Crippen molar-refractivity contribution in [3.8, 4) is 0 Å². The van der Waals surface area contributed by atoms with Crippen LogP contribution in [0.4, 0.5) is 5.13 Å². The van der Waals surface area contributed by atoms with Gasteiger partial charge in [0, 0.05) is 23.7 Å². The fourth-order valence-electron chi connectivity index (χ4n) is 1.39. The van der Waals surface area contributed by atoms with Gasteiger partial charge in [-0.05, 0) is 6.42 Å². The summed E-state index contributed by atoms with van der Waals surface area (Å²) in [6.07, 6.45) is 1.69.